The minimum Gasteiger partial charge on any atom is -0.343 e. The predicted octanol–water partition coefficient (Wildman–Crippen LogP) is 2.81. The topological polar surface area (TPSA) is 65.8 Å². The van der Waals surface area contributed by atoms with Crippen LogP contribution in [0.3, 0.4) is 0 Å². The number of nitrogens with one attached hydrogen (secondary N) is 1. The number of piperidine rings is 1. The van der Waals surface area contributed by atoms with Crippen molar-refractivity contribution in [1.82, 2.24) is 10.3 Å². The third-order valence-electron chi connectivity index (χ3n) is 3.53. The lowest BCUT2D eigenvalue weighted by molar-refractivity contribution is -0.124. The van der Waals surface area contributed by atoms with E-state index in [0.29, 0.717) is 6.42 Å². The van der Waals surface area contributed by atoms with Crippen LogP contribution in [0.1, 0.15) is 17.3 Å². The summed E-state index contributed by atoms with van der Waals surface area (Å²) in [5.74, 6) is -0.754. The number of rotatable bonds is 2. The zero-order chi connectivity index (χ0) is 14.8. The quantitative estimate of drug-likeness (QED) is 0.838. The molecule has 1 amide bonds. The summed E-state index contributed by atoms with van der Waals surface area (Å²) in [5.41, 5.74) is 1.89. The average Bonchev–Trinajstić information content (AvgIpc) is 2.98. The maximum absolute atomic E-state index is 12.1. The van der Waals surface area contributed by atoms with Gasteiger partial charge in [0.25, 0.3) is 0 Å². The Morgan fingerprint density at radius 2 is 2.14 bits per heavy atom. The van der Waals surface area contributed by atoms with Crippen molar-refractivity contribution in [1.29, 1.82) is 5.26 Å². The van der Waals surface area contributed by atoms with Gasteiger partial charge in [-0.25, -0.2) is 4.98 Å². The highest BCUT2D eigenvalue weighted by molar-refractivity contribution is 7.81. The summed E-state index contributed by atoms with van der Waals surface area (Å²) < 4.78 is 0. The van der Waals surface area contributed by atoms with Gasteiger partial charge in [-0.1, -0.05) is 30.3 Å². The Kier molecular flexibility index (Phi) is 3.95. The van der Waals surface area contributed by atoms with Gasteiger partial charge >= 0.3 is 0 Å². The second kappa shape index (κ2) is 5.88. The summed E-state index contributed by atoms with van der Waals surface area (Å²) in [6.07, 6.45) is 0.470. The van der Waals surface area contributed by atoms with E-state index in [2.05, 4.69) is 29.0 Å². The Morgan fingerprint density at radius 3 is 2.86 bits per heavy atom. The number of carbonyl (C=O) groups excluding carboxylic acids is 1. The molecule has 21 heavy (non-hydrogen) atoms. The second-order valence-corrected chi connectivity index (χ2v) is 6.36. The Hall–Kier alpha value is -1.84. The minimum absolute atomic E-state index is 0.101. The summed E-state index contributed by atoms with van der Waals surface area (Å²) in [6, 6.07) is 12.0. The van der Waals surface area contributed by atoms with Gasteiger partial charge in [-0.15, -0.1) is 11.3 Å². The molecule has 0 aliphatic carbocycles. The Balaban J connectivity index is 1.86. The lowest BCUT2D eigenvalue weighted by atomic mass is 9.91. The second-order valence-electron chi connectivity index (χ2n) is 4.91. The molecule has 0 radical (unpaired) electrons. The van der Waals surface area contributed by atoms with Crippen molar-refractivity contribution in [2.24, 2.45) is 5.92 Å². The molecule has 3 atom stereocenters. The van der Waals surface area contributed by atoms with E-state index < -0.39 is 5.37 Å². The zero-order valence-corrected chi connectivity index (χ0v) is 12.8. The van der Waals surface area contributed by atoms with Crippen LogP contribution in [-0.4, -0.2) is 16.3 Å². The van der Waals surface area contributed by atoms with E-state index in [0.717, 1.165) is 16.3 Å². The molecule has 106 valence electrons. The molecule has 3 rings (SSSR count). The molecule has 2 heterocycles. The van der Waals surface area contributed by atoms with Gasteiger partial charge in [0, 0.05) is 10.9 Å². The van der Waals surface area contributed by atoms with Crippen LogP contribution in [0.25, 0.3) is 11.3 Å². The van der Waals surface area contributed by atoms with Crippen molar-refractivity contribution in [3.8, 4) is 17.3 Å². The molecule has 0 bridgehead atoms. The molecule has 2 aromatic rings. The van der Waals surface area contributed by atoms with Gasteiger partial charge in [0.15, 0.2) is 0 Å². The Labute approximate surface area is 132 Å². The van der Waals surface area contributed by atoms with Crippen LogP contribution in [-0.2, 0) is 4.79 Å². The summed E-state index contributed by atoms with van der Waals surface area (Å²) in [4.78, 5) is 16.7. The van der Waals surface area contributed by atoms with Gasteiger partial charge < -0.3 is 5.32 Å². The number of amides is 1. The fourth-order valence-electron chi connectivity index (χ4n) is 2.36. The predicted molar refractivity (Wildman–Crippen MR) is 84.9 cm³/mol. The van der Waals surface area contributed by atoms with E-state index in [1.54, 1.807) is 0 Å². The fraction of sp³-hybridized carbons (Fsp3) is 0.267. The first-order valence-electron chi connectivity index (χ1n) is 6.58. The van der Waals surface area contributed by atoms with Gasteiger partial charge in [0.1, 0.15) is 5.01 Å². The molecule has 0 saturated carbocycles. The molecule has 0 spiro atoms. The zero-order valence-electron chi connectivity index (χ0n) is 11.1. The largest absolute Gasteiger partial charge is 0.343 e. The standard InChI is InChI=1S/C15H13N3OS2/c16-7-10-6-11(13(19)18-14(10)20)15-17-12(8-21-15)9-4-2-1-3-5-9/h1-5,8,10-11,14,20H,6H2,(H,18,19). The van der Waals surface area contributed by atoms with Crippen LogP contribution in [0, 0.1) is 17.2 Å². The highest BCUT2D eigenvalue weighted by atomic mass is 32.1. The normalized spacial score (nSPS) is 25.1. The molecule has 1 aliphatic rings. The van der Waals surface area contributed by atoms with E-state index in [4.69, 9.17) is 5.26 Å². The first kappa shape index (κ1) is 14.1. The number of benzene rings is 1. The number of carbonyl (C=O) groups is 1. The smallest absolute Gasteiger partial charge is 0.230 e. The number of aromatic nitrogens is 1. The van der Waals surface area contributed by atoms with Crippen LogP contribution in [0.5, 0.6) is 0 Å². The van der Waals surface area contributed by atoms with Crippen LogP contribution in [0.2, 0.25) is 0 Å². The van der Waals surface area contributed by atoms with E-state index in [1.807, 2.05) is 35.7 Å². The highest BCUT2D eigenvalue weighted by Gasteiger charge is 2.36. The number of hydrogen-bond acceptors (Lipinski definition) is 5. The van der Waals surface area contributed by atoms with Gasteiger partial charge in [-0.3, -0.25) is 4.79 Å². The molecule has 1 saturated heterocycles. The van der Waals surface area contributed by atoms with Gasteiger partial charge in [0.2, 0.25) is 5.91 Å². The molecule has 1 aromatic carbocycles. The van der Waals surface area contributed by atoms with Gasteiger partial charge in [0.05, 0.1) is 29.0 Å². The van der Waals surface area contributed by atoms with Crippen molar-refractivity contribution in [3.63, 3.8) is 0 Å². The van der Waals surface area contributed by atoms with Crippen molar-refractivity contribution in [3.05, 3.63) is 40.7 Å². The number of hydrogen-bond donors (Lipinski definition) is 2. The first-order chi connectivity index (χ1) is 10.2. The molecule has 1 N–H and O–H groups in total. The van der Waals surface area contributed by atoms with Gasteiger partial charge in [-0.05, 0) is 6.42 Å². The molecule has 6 heteroatoms. The number of thiol groups is 1. The summed E-state index contributed by atoms with van der Waals surface area (Å²) in [6.45, 7) is 0. The number of nitrogens with zero attached hydrogens (tertiary/aromatic N) is 2. The SMILES string of the molecule is N#CC1CC(c2nc(-c3ccccc3)cs2)C(=O)NC1S. The maximum Gasteiger partial charge on any atom is 0.230 e. The molecule has 1 aromatic heterocycles. The lowest BCUT2D eigenvalue weighted by Gasteiger charge is -2.28. The lowest BCUT2D eigenvalue weighted by Crippen LogP contribution is -2.45. The highest BCUT2D eigenvalue weighted by Crippen LogP contribution is 2.34. The van der Waals surface area contributed by atoms with E-state index in [-0.39, 0.29) is 17.7 Å². The molecule has 4 nitrogen and oxygen atoms in total. The maximum atomic E-state index is 12.1. The molecular formula is C15H13N3OS2. The van der Waals surface area contributed by atoms with Crippen molar-refractivity contribution in [2.75, 3.05) is 0 Å². The van der Waals surface area contributed by atoms with E-state index in [9.17, 15) is 4.79 Å². The molecule has 1 aliphatic heterocycles. The van der Waals surface area contributed by atoms with Gasteiger partial charge in [-0.2, -0.15) is 17.9 Å². The van der Waals surface area contributed by atoms with Crippen molar-refractivity contribution >= 4 is 29.9 Å². The molecular weight excluding hydrogens is 302 g/mol. The Morgan fingerprint density at radius 1 is 1.38 bits per heavy atom. The Bertz CT molecular complexity index is 692. The summed E-state index contributed by atoms with van der Waals surface area (Å²) in [7, 11) is 0. The fourth-order valence-corrected chi connectivity index (χ4v) is 3.62. The molecule has 3 unspecified atom stereocenters. The first-order valence-corrected chi connectivity index (χ1v) is 7.97. The van der Waals surface area contributed by atoms with Crippen LogP contribution < -0.4 is 5.32 Å². The van der Waals surface area contributed by atoms with Crippen LogP contribution in [0.4, 0.5) is 0 Å². The number of nitriles is 1. The minimum atomic E-state index is -0.396. The summed E-state index contributed by atoms with van der Waals surface area (Å²) in [5, 5.41) is 14.2. The summed E-state index contributed by atoms with van der Waals surface area (Å²) >= 11 is 5.70. The average molecular weight is 315 g/mol. The van der Waals surface area contributed by atoms with E-state index >= 15 is 0 Å². The third kappa shape index (κ3) is 2.80. The van der Waals surface area contributed by atoms with Crippen molar-refractivity contribution < 1.29 is 4.79 Å². The van der Waals surface area contributed by atoms with Crippen LogP contribution in [0.15, 0.2) is 35.7 Å². The third-order valence-corrected chi connectivity index (χ3v) is 4.98. The monoisotopic (exact) mass is 315 g/mol. The van der Waals surface area contributed by atoms with E-state index in [1.165, 1.54) is 11.3 Å². The van der Waals surface area contributed by atoms with Crippen molar-refractivity contribution in [2.45, 2.75) is 17.7 Å². The number of thiazole rings is 1. The molecule has 1 fully saturated rings. The van der Waals surface area contributed by atoms with Crippen LogP contribution >= 0.6 is 24.0 Å².